The summed E-state index contributed by atoms with van der Waals surface area (Å²) in [5.74, 6) is -1.97. The summed E-state index contributed by atoms with van der Waals surface area (Å²) in [5, 5.41) is 20.5. The molecule has 5 heteroatoms. The third kappa shape index (κ3) is 3.53. The van der Waals surface area contributed by atoms with Gasteiger partial charge < -0.3 is 15.1 Å². The number of carboxylic acid groups (broad SMARTS) is 2. The van der Waals surface area contributed by atoms with E-state index in [0.717, 1.165) is 27.8 Å². The molecule has 0 unspecified atom stereocenters. The van der Waals surface area contributed by atoms with Gasteiger partial charge in [0.15, 0.2) is 0 Å². The lowest BCUT2D eigenvalue weighted by atomic mass is 10.1. The molecular weight excluding hydrogens is 366 g/mol. The monoisotopic (exact) mass is 383 g/mol. The number of hydrogen-bond donors (Lipinski definition) is 2. The van der Waals surface area contributed by atoms with Gasteiger partial charge in [-0.05, 0) is 60.0 Å². The Morgan fingerprint density at radius 3 is 1.59 bits per heavy atom. The van der Waals surface area contributed by atoms with E-state index < -0.39 is 11.9 Å². The van der Waals surface area contributed by atoms with E-state index in [9.17, 15) is 19.8 Å². The molecule has 4 aromatic carbocycles. The fourth-order valence-electron chi connectivity index (χ4n) is 3.34. The molecule has 0 radical (unpaired) electrons. The van der Waals surface area contributed by atoms with Crippen LogP contribution >= 0.6 is 0 Å². The third-order valence-electron chi connectivity index (χ3n) is 4.75. The standard InChI is InChI=1S/C24H17NO4/c26-23(27)17-8-12-19(13-9-17)25(20-14-10-18(11-15-20)24(28)29)22-7-3-5-16-4-1-2-6-21(16)22/h1-15H,(H,26,27)(H,28,29). The summed E-state index contributed by atoms with van der Waals surface area (Å²) in [7, 11) is 0. The zero-order valence-electron chi connectivity index (χ0n) is 15.3. The van der Waals surface area contributed by atoms with Crippen LogP contribution in [0, 0.1) is 0 Å². The molecule has 0 aliphatic heterocycles. The van der Waals surface area contributed by atoms with Gasteiger partial charge in [0.05, 0.1) is 16.8 Å². The van der Waals surface area contributed by atoms with E-state index in [1.165, 1.54) is 0 Å². The molecule has 0 atom stereocenters. The van der Waals surface area contributed by atoms with Crippen LogP contribution in [0.2, 0.25) is 0 Å². The highest BCUT2D eigenvalue weighted by molar-refractivity contribution is 5.99. The Labute approximate surface area is 167 Å². The Morgan fingerprint density at radius 2 is 1.07 bits per heavy atom. The van der Waals surface area contributed by atoms with Crippen LogP contribution in [0.3, 0.4) is 0 Å². The van der Waals surface area contributed by atoms with Gasteiger partial charge in [0.2, 0.25) is 0 Å². The number of hydrogen-bond acceptors (Lipinski definition) is 3. The van der Waals surface area contributed by atoms with Crippen LogP contribution in [-0.4, -0.2) is 22.2 Å². The second kappa shape index (κ2) is 7.48. The summed E-state index contributed by atoms with van der Waals surface area (Å²) in [5.41, 5.74) is 2.86. The number of benzene rings is 4. The summed E-state index contributed by atoms with van der Waals surface area (Å²) >= 11 is 0. The number of fused-ring (bicyclic) bond motifs is 1. The van der Waals surface area contributed by atoms with Gasteiger partial charge in [-0.3, -0.25) is 0 Å². The van der Waals surface area contributed by atoms with Gasteiger partial charge in [-0.25, -0.2) is 9.59 Å². The molecule has 2 N–H and O–H groups in total. The van der Waals surface area contributed by atoms with Crippen molar-refractivity contribution in [3.05, 3.63) is 102 Å². The van der Waals surface area contributed by atoms with Crippen molar-refractivity contribution in [3.63, 3.8) is 0 Å². The van der Waals surface area contributed by atoms with E-state index >= 15 is 0 Å². The molecule has 0 fully saturated rings. The second-order valence-electron chi connectivity index (χ2n) is 6.54. The minimum absolute atomic E-state index is 0.202. The first-order valence-corrected chi connectivity index (χ1v) is 8.99. The van der Waals surface area contributed by atoms with Crippen LogP contribution < -0.4 is 4.90 Å². The van der Waals surface area contributed by atoms with E-state index in [-0.39, 0.29) is 11.1 Å². The molecule has 0 heterocycles. The van der Waals surface area contributed by atoms with Gasteiger partial charge in [0.1, 0.15) is 0 Å². The van der Waals surface area contributed by atoms with E-state index in [4.69, 9.17) is 0 Å². The number of anilines is 3. The highest BCUT2D eigenvalue weighted by atomic mass is 16.4. The molecule has 4 aromatic rings. The summed E-state index contributed by atoms with van der Waals surface area (Å²) in [6, 6.07) is 27.2. The molecule has 4 rings (SSSR count). The van der Waals surface area contributed by atoms with Crippen molar-refractivity contribution < 1.29 is 19.8 Å². The van der Waals surface area contributed by atoms with Crippen LogP contribution in [0.25, 0.3) is 10.8 Å². The third-order valence-corrected chi connectivity index (χ3v) is 4.75. The molecule has 0 aliphatic rings. The van der Waals surface area contributed by atoms with Gasteiger partial charge in [0, 0.05) is 16.8 Å². The van der Waals surface area contributed by atoms with Crippen molar-refractivity contribution in [1.82, 2.24) is 0 Å². The van der Waals surface area contributed by atoms with Crippen LogP contribution in [-0.2, 0) is 0 Å². The normalized spacial score (nSPS) is 10.6. The number of rotatable bonds is 5. The van der Waals surface area contributed by atoms with Gasteiger partial charge in [-0.2, -0.15) is 0 Å². The fourth-order valence-corrected chi connectivity index (χ4v) is 3.34. The van der Waals surface area contributed by atoms with Crippen LogP contribution in [0.4, 0.5) is 17.1 Å². The highest BCUT2D eigenvalue weighted by Gasteiger charge is 2.16. The predicted molar refractivity (Wildman–Crippen MR) is 113 cm³/mol. The average Bonchev–Trinajstić information content (AvgIpc) is 2.75. The predicted octanol–water partition coefficient (Wildman–Crippen LogP) is 5.71. The molecule has 29 heavy (non-hydrogen) atoms. The molecule has 5 nitrogen and oxygen atoms in total. The van der Waals surface area contributed by atoms with E-state index in [1.807, 2.05) is 47.4 Å². The van der Waals surface area contributed by atoms with Crippen LogP contribution in [0.5, 0.6) is 0 Å². The number of aromatic carboxylic acids is 2. The Balaban J connectivity index is 1.91. The SMILES string of the molecule is O=C(O)c1ccc(N(c2ccc(C(=O)O)cc2)c2cccc3ccccc23)cc1. The number of nitrogens with zero attached hydrogens (tertiary/aromatic N) is 1. The second-order valence-corrected chi connectivity index (χ2v) is 6.54. The summed E-state index contributed by atoms with van der Waals surface area (Å²) in [6.45, 7) is 0. The number of carboxylic acids is 2. The molecule has 0 amide bonds. The minimum atomic E-state index is -0.987. The lowest BCUT2D eigenvalue weighted by Gasteiger charge is -2.27. The van der Waals surface area contributed by atoms with Crippen molar-refractivity contribution in [2.45, 2.75) is 0 Å². The Morgan fingerprint density at radius 1 is 0.586 bits per heavy atom. The molecule has 0 saturated carbocycles. The van der Waals surface area contributed by atoms with Crippen molar-refractivity contribution in [2.24, 2.45) is 0 Å². The zero-order valence-corrected chi connectivity index (χ0v) is 15.3. The van der Waals surface area contributed by atoms with Gasteiger partial charge >= 0.3 is 11.9 Å². The molecule has 0 aliphatic carbocycles. The molecular formula is C24H17NO4. The first-order chi connectivity index (χ1) is 14.0. The molecule has 0 bridgehead atoms. The maximum absolute atomic E-state index is 11.2. The van der Waals surface area contributed by atoms with Crippen LogP contribution in [0.15, 0.2) is 91.0 Å². The Hall–Kier alpha value is -4.12. The summed E-state index contributed by atoms with van der Waals surface area (Å²) in [4.78, 5) is 24.4. The van der Waals surface area contributed by atoms with E-state index in [1.54, 1.807) is 48.5 Å². The van der Waals surface area contributed by atoms with Gasteiger partial charge in [0.25, 0.3) is 0 Å². The fraction of sp³-hybridized carbons (Fsp3) is 0. The average molecular weight is 383 g/mol. The summed E-state index contributed by atoms with van der Waals surface area (Å²) < 4.78 is 0. The lowest BCUT2D eigenvalue weighted by molar-refractivity contribution is 0.0686. The van der Waals surface area contributed by atoms with Crippen molar-refractivity contribution in [3.8, 4) is 0 Å². The maximum atomic E-state index is 11.2. The molecule has 0 saturated heterocycles. The number of carbonyl (C=O) groups is 2. The summed E-state index contributed by atoms with van der Waals surface area (Å²) in [6.07, 6.45) is 0. The van der Waals surface area contributed by atoms with E-state index in [2.05, 4.69) is 0 Å². The topological polar surface area (TPSA) is 77.8 Å². The zero-order chi connectivity index (χ0) is 20.4. The van der Waals surface area contributed by atoms with Crippen molar-refractivity contribution in [2.75, 3.05) is 4.90 Å². The molecule has 0 spiro atoms. The maximum Gasteiger partial charge on any atom is 0.335 e. The first kappa shape index (κ1) is 18.3. The van der Waals surface area contributed by atoms with E-state index in [0.29, 0.717) is 0 Å². The molecule has 0 aromatic heterocycles. The highest BCUT2D eigenvalue weighted by Crippen LogP contribution is 2.38. The van der Waals surface area contributed by atoms with Crippen molar-refractivity contribution >= 4 is 39.8 Å². The Bertz CT molecular complexity index is 1130. The van der Waals surface area contributed by atoms with Crippen molar-refractivity contribution in [1.29, 1.82) is 0 Å². The molecule has 142 valence electrons. The minimum Gasteiger partial charge on any atom is -0.478 e. The first-order valence-electron chi connectivity index (χ1n) is 8.99. The quantitative estimate of drug-likeness (QED) is 0.462. The van der Waals surface area contributed by atoms with Gasteiger partial charge in [-0.15, -0.1) is 0 Å². The lowest BCUT2D eigenvalue weighted by Crippen LogP contribution is -2.11. The van der Waals surface area contributed by atoms with Crippen LogP contribution in [0.1, 0.15) is 20.7 Å². The Kier molecular flexibility index (Phi) is 4.71. The smallest absolute Gasteiger partial charge is 0.335 e. The largest absolute Gasteiger partial charge is 0.478 e. The van der Waals surface area contributed by atoms with Gasteiger partial charge in [-0.1, -0.05) is 36.4 Å².